The molecule has 0 aliphatic carbocycles. The number of hydrogen-bond donors (Lipinski definition) is 3. The minimum atomic E-state index is -0.692. The zero-order valence-electron chi connectivity index (χ0n) is 8.95. The van der Waals surface area contributed by atoms with Crippen molar-refractivity contribution < 1.29 is 4.79 Å². The van der Waals surface area contributed by atoms with Gasteiger partial charge in [-0.3, -0.25) is 14.6 Å². The molecular formula is C9H14N4O3. The molecule has 0 unspecified atom stereocenters. The predicted octanol–water partition coefficient (Wildman–Crippen LogP) is -1.52. The standard InChI is InChI=1S/C9H14N4O3/c1-13(4-2-3-10)8(15)6-5-7(14)12-9(16)11-6/h5H,2-4,10H2,1H3,(H2,11,12,14,16). The van der Waals surface area contributed by atoms with Crippen molar-refractivity contribution >= 4 is 5.91 Å². The maximum absolute atomic E-state index is 11.7. The van der Waals surface area contributed by atoms with Crippen molar-refractivity contribution in [2.45, 2.75) is 6.42 Å². The number of nitrogens with one attached hydrogen (secondary N) is 2. The van der Waals surface area contributed by atoms with E-state index in [-0.39, 0.29) is 5.69 Å². The van der Waals surface area contributed by atoms with Crippen LogP contribution in [-0.2, 0) is 0 Å². The number of rotatable bonds is 4. The molecule has 1 amide bonds. The summed E-state index contributed by atoms with van der Waals surface area (Å²) >= 11 is 0. The van der Waals surface area contributed by atoms with Gasteiger partial charge in [-0.2, -0.15) is 0 Å². The van der Waals surface area contributed by atoms with Gasteiger partial charge in [-0.05, 0) is 13.0 Å². The molecule has 0 aromatic carbocycles. The van der Waals surface area contributed by atoms with Crippen molar-refractivity contribution in [3.63, 3.8) is 0 Å². The van der Waals surface area contributed by atoms with Gasteiger partial charge in [0.15, 0.2) is 0 Å². The van der Waals surface area contributed by atoms with E-state index >= 15 is 0 Å². The molecule has 0 spiro atoms. The Bertz CT molecular complexity index is 448. The third kappa shape index (κ3) is 3.06. The highest BCUT2D eigenvalue weighted by molar-refractivity contribution is 5.91. The molecule has 0 bridgehead atoms. The van der Waals surface area contributed by atoms with Gasteiger partial charge in [0, 0.05) is 19.7 Å². The molecule has 7 heteroatoms. The molecule has 88 valence electrons. The molecule has 1 aromatic heterocycles. The minimum Gasteiger partial charge on any atom is -0.340 e. The first-order valence-electron chi connectivity index (χ1n) is 4.84. The SMILES string of the molecule is CN(CCCN)C(=O)c1cc(=O)[nH]c(=O)[nH]1. The summed E-state index contributed by atoms with van der Waals surface area (Å²) in [6.07, 6.45) is 0.662. The van der Waals surface area contributed by atoms with Gasteiger partial charge in [0.1, 0.15) is 5.69 Å². The van der Waals surface area contributed by atoms with Gasteiger partial charge in [0.25, 0.3) is 11.5 Å². The second kappa shape index (κ2) is 5.26. The van der Waals surface area contributed by atoms with Crippen LogP contribution in [0.4, 0.5) is 0 Å². The topological polar surface area (TPSA) is 112 Å². The zero-order valence-corrected chi connectivity index (χ0v) is 8.95. The quantitative estimate of drug-likeness (QED) is 0.579. The summed E-state index contributed by atoms with van der Waals surface area (Å²) in [5, 5.41) is 0. The normalized spacial score (nSPS) is 10.1. The average Bonchev–Trinajstić information content (AvgIpc) is 2.23. The van der Waals surface area contributed by atoms with Crippen LogP contribution >= 0.6 is 0 Å². The van der Waals surface area contributed by atoms with E-state index in [1.54, 1.807) is 7.05 Å². The first-order valence-corrected chi connectivity index (χ1v) is 4.84. The summed E-state index contributed by atoms with van der Waals surface area (Å²) in [7, 11) is 1.58. The molecule has 0 saturated carbocycles. The molecule has 0 saturated heterocycles. The Morgan fingerprint density at radius 1 is 1.44 bits per heavy atom. The second-order valence-corrected chi connectivity index (χ2v) is 3.37. The molecule has 0 radical (unpaired) electrons. The number of aromatic nitrogens is 2. The predicted molar refractivity (Wildman–Crippen MR) is 58.3 cm³/mol. The highest BCUT2D eigenvalue weighted by Gasteiger charge is 2.12. The Morgan fingerprint density at radius 2 is 2.12 bits per heavy atom. The Morgan fingerprint density at radius 3 is 2.69 bits per heavy atom. The van der Waals surface area contributed by atoms with Crippen LogP contribution in [0.5, 0.6) is 0 Å². The van der Waals surface area contributed by atoms with Crippen LogP contribution in [0.3, 0.4) is 0 Å². The largest absolute Gasteiger partial charge is 0.340 e. The summed E-state index contributed by atoms with van der Waals surface area (Å²) in [6.45, 7) is 0.952. The van der Waals surface area contributed by atoms with E-state index in [1.165, 1.54) is 4.90 Å². The summed E-state index contributed by atoms with van der Waals surface area (Å²) < 4.78 is 0. The number of nitrogens with two attached hydrogens (primary N) is 1. The van der Waals surface area contributed by atoms with Crippen LogP contribution in [-0.4, -0.2) is 40.9 Å². The van der Waals surface area contributed by atoms with Crippen molar-refractivity contribution in [3.05, 3.63) is 32.6 Å². The Kier molecular flexibility index (Phi) is 4.01. The van der Waals surface area contributed by atoms with Crippen molar-refractivity contribution in [1.29, 1.82) is 0 Å². The Balaban J connectivity index is 2.87. The van der Waals surface area contributed by atoms with Gasteiger partial charge < -0.3 is 15.6 Å². The number of nitrogens with zero attached hydrogens (tertiary/aromatic N) is 1. The maximum Gasteiger partial charge on any atom is 0.326 e. The van der Waals surface area contributed by atoms with Crippen molar-refractivity contribution in [1.82, 2.24) is 14.9 Å². The van der Waals surface area contributed by atoms with Crippen LogP contribution < -0.4 is 17.0 Å². The van der Waals surface area contributed by atoms with E-state index in [1.807, 2.05) is 4.98 Å². The molecule has 4 N–H and O–H groups in total. The van der Waals surface area contributed by atoms with E-state index in [0.717, 1.165) is 6.07 Å². The van der Waals surface area contributed by atoms with E-state index in [9.17, 15) is 14.4 Å². The smallest absolute Gasteiger partial charge is 0.326 e. The van der Waals surface area contributed by atoms with Gasteiger partial charge in [0.05, 0.1) is 0 Å². The number of aromatic amines is 2. The van der Waals surface area contributed by atoms with Crippen LogP contribution in [0.15, 0.2) is 15.7 Å². The van der Waals surface area contributed by atoms with E-state index in [4.69, 9.17) is 5.73 Å². The lowest BCUT2D eigenvalue weighted by atomic mass is 10.3. The van der Waals surface area contributed by atoms with E-state index in [2.05, 4.69) is 4.98 Å². The van der Waals surface area contributed by atoms with Crippen molar-refractivity contribution in [3.8, 4) is 0 Å². The molecule has 0 fully saturated rings. The molecule has 0 aliphatic heterocycles. The number of carbonyl (C=O) groups is 1. The summed E-state index contributed by atoms with van der Waals surface area (Å²) in [6, 6.07) is 1.06. The monoisotopic (exact) mass is 226 g/mol. The lowest BCUT2D eigenvalue weighted by Gasteiger charge is -2.15. The first-order chi connectivity index (χ1) is 7.54. The molecule has 0 aliphatic rings. The van der Waals surface area contributed by atoms with Crippen molar-refractivity contribution in [2.75, 3.05) is 20.1 Å². The molecule has 16 heavy (non-hydrogen) atoms. The summed E-state index contributed by atoms with van der Waals surface area (Å²) in [4.78, 5) is 39.3. The fourth-order valence-electron chi connectivity index (χ4n) is 1.22. The molecule has 1 aromatic rings. The van der Waals surface area contributed by atoms with Crippen LogP contribution in [0.2, 0.25) is 0 Å². The molecule has 7 nitrogen and oxygen atoms in total. The number of carbonyl (C=O) groups excluding carboxylic acids is 1. The Hall–Kier alpha value is -1.89. The molecular weight excluding hydrogens is 212 g/mol. The lowest BCUT2D eigenvalue weighted by molar-refractivity contribution is 0.0788. The average molecular weight is 226 g/mol. The molecule has 1 heterocycles. The third-order valence-electron chi connectivity index (χ3n) is 2.04. The molecule has 1 rings (SSSR count). The zero-order chi connectivity index (χ0) is 12.1. The first kappa shape index (κ1) is 12.2. The molecule has 0 atom stereocenters. The van der Waals surface area contributed by atoms with E-state index in [0.29, 0.717) is 19.5 Å². The fraction of sp³-hybridized carbons (Fsp3) is 0.444. The lowest BCUT2D eigenvalue weighted by Crippen LogP contribution is -2.33. The number of H-pyrrole nitrogens is 2. The van der Waals surface area contributed by atoms with Gasteiger partial charge in [-0.15, -0.1) is 0 Å². The summed E-state index contributed by atoms with van der Waals surface area (Å²) in [5.74, 6) is -0.406. The van der Waals surface area contributed by atoms with Gasteiger partial charge in [0.2, 0.25) is 0 Å². The van der Waals surface area contributed by atoms with Crippen LogP contribution in [0.25, 0.3) is 0 Å². The van der Waals surface area contributed by atoms with Gasteiger partial charge >= 0.3 is 5.69 Å². The fourth-order valence-corrected chi connectivity index (χ4v) is 1.22. The summed E-state index contributed by atoms with van der Waals surface area (Å²) in [5.41, 5.74) is 4.00. The maximum atomic E-state index is 11.7. The Labute approximate surface area is 91.3 Å². The van der Waals surface area contributed by atoms with Gasteiger partial charge in [-0.25, -0.2) is 4.79 Å². The number of hydrogen-bond acceptors (Lipinski definition) is 4. The third-order valence-corrected chi connectivity index (χ3v) is 2.04. The van der Waals surface area contributed by atoms with Crippen molar-refractivity contribution in [2.24, 2.45) is 5.73 Å². The van der Waals surface area contributed by atoms with Crippen LogP contribution in [0.1, 0.15) is 16.9 Å². The highest BCUT2D eigenvalue weighted by atomic mass is 16.2. The highest BCUT2D eigenvalue weighted by Crippen LogP contribution is 1.95. The minimum absolute atomic E-state index is 0.0201. The van der Waals surface area contributed by atoms with E-state index < -0.39 is 17.2 Å². The second-order valence-electron chi connectivity index (χ2n) is 3.37. The number of amides is 1. The van der Waals surface area contributed by atoms with Gasteiger partial charge in [-0.1, -0.05) is 0 Å². The van der Waals surface area contributed by atoms with Crippen LogP contribution in [0, 0.1) is 0 Å².